The molecule has 2 aromatic carbocycles. The summed E-state index contributed by atoms with van der Waals surface area (Å²) >= 11 is 4.77. The molecular formula is C21H19BrFNO5S3. The minimum Gasteiger partial charge on any atom is -0.453 e. The summed E-state index contributed by atoms with van der Waals surface area (Å²) in [5.41, 5.74) is 0. The zero-order valence-electron chi connectivity index (χ0n) is 16.6. The lowest BCUT2D eigenvalue weighted by Gasteiger charge is -2.26. The van der Waals surface area contributed by atoms with Gasteiger partial charge in [0.1, 0.15) is 11.6 Å². The van der Waals surface area contributed by atoms with Crippen molar-refractivity contribution in [1.29, 1.82) is 0 Å². The lowest BCUT2D eigenvalue weighted by Crippen LogP contribution is -2.40. The van der Waals surface area contributed by atoms with Gasteiger partial charge in [-0.2, -0.15) is 4.31 Å². The molecule has 1 aromatic heterocycles. The first-order chi connectivity index (χ1) is 15.1. The minimum atomic E-state index is -4.07. The fraction of sp³-hybridized carbons (Fsp3) is 0.238. The van der Waals surface area contributed by atoms with E-state index in [9.17, 15) is 21.2 Å². The van der Waals surface area contributed by atoms with E-state index in [2.05, 4.69) is 15.9 Å². The van der Waals surface area contributed by atoms with E-state index < -0.39 is 31.7 Å². The second-order valence-electron chi connectivity index (χ2n) is 7.34. The molecule has 1 aliphatic rings. The highest BCUT2D eigenvalue weighted by atomic mass is 79.9. The van der Waals surface area contributed by atoms with Gasteiger partial charge >= 0.3 is 0 Å². The monoisotopic (exact) mass is 559 g/mol. The van der Waals surface area contributed by atoms with E-state index in [1.54, 1.807) is 12.1 Å². The average molecular weight is 560 g/mol. The predicted molar refractivity (Wildman–Crippen MR) is 123 cm³/mol. The zero-order chi connectivity index (χ0) is 22.9. The van der Waals surface area contributed by atoms with Crippen LogP contribution in [0.25, 0.3) is 0 Å². The van der Waals surface area contributed by atoms with Crippen LogP contribution in [-0.4, -0.2) is 38.7 Å². The quantitative estimate of drug-likeness (QED) is 0.416. The summed E-state index contributed by atoms with van der Waals surface area (Å²) in [5.74, 6) is -0.496. The van der Waals surface area contributed by atoms with Crippen LogP contribution in [-0.2, 0) is 26.4 Å². The maximum atomic E-state index is 13.3. The lowest BCUT2D eigenvalue weighted by atomic mass is 10.2. The molecule has 1 saturated heterocycles. The van der Waals surface area contributed by atoms with Crippen molar-refractivity contribution in [2.24, 2.45) is 0 Å². The minimum absolute atomic E-state index is 0.0735. The molecule has 6 nitrogen and oxygen atoms in total. The summed E-state index contributed by atoms with van der Waals surface area (Å²) in [6.45, 7) is -0.124. The Morgan fingerprint density at radius 2 is 1.75 bits per heavy atom. The highest BCUT2D eigenvalue weighted by molar-refractivity contribution is 9.10. The van der Waals surface area contributed by atoms with Gasteiger partial charge in [-0.3, -0.25) is 0 Å². The number of hydrogen-bond acceptors (Lipinski definition) is 6. The normalized spacial score (nSPS) is 18.3. The van der Waals surface area contributed by atoms with E-state index in [1.807, 2.05) is 24.3 Å². The molecule has 1 aliphatic heterocycles. The van der Waals surface area contributed by atoms with Gasteiger partial charge in [-0.15, -0.1) is 0 Å². The maximum absolute atomic E-state index is 13.3. The van der Waals surface area contributed by atoms with Gasteiger partial charge in [0.05, 0.1) is 22.9 Å². The summed E-state index contributed by atoms with van der Waals surface area (Å²) in [6, 6.07) is 14.9. The van der Waals surface area contributed by atoms with E-state index in [0.717, 1.165) is 25.8 Å². The molecule has 0 spiro atoms. The average Bonchev–Trinajstić information content (AvgIpc) is 3.33. The third kappa shape index (κ3) is 5.45. The molecule has 1 fully saturated rings. The van der Waals surface area contributed by atoms with Crippen LogP contribution in [0.5, 0.6) is 0 Å². The highest BCUT2D eigenvalue weighted by Gasteiger charge is 2.39. The topological polar surface area (TPSA) is 84.7 Å². The van der Waals surface area contributed by atoms with Crippen LogP contribution in [0.2, 0.25) is 0 Å². The third-order valence-electron chi connectivity index (χ3n) is 5.02. The Morgan fingerprint density at radius 1 is 1.06 bits per heavy atom. The van der Waals surface area contributed by atoms with Crippen molar-refractivity contribution in [1.82, 2.24) is 4.31 Å². The Balaban J connectivity index is 1.60. The molecule has 1 unspecified atom stereocenters. The van der Waals surface area contributed by atoms with E-state index in [1.165, 1.54) is 23.9 Å². The van der Waals surface area contributed by atoms with Crippen molar-refractivity contribution in [2.45, 2.75) is 33.9 Å². The van der Waals surface area contributed by atoms with Gasteiger partial charge in [-0.1, -0.05) is 27.7 Å². The second kappa shape index (κ2) is 9.30. The van der Waals surface area contributed by atoms with E-state index in [4.69, 9.17) is 4.42 Å². The van der Waals surface area contributed by atoms with Crippen molar-refractivity contribution in [3.05, 3.63) is 76.7 Å². The van der Waals surface area contributed by atoms with Gasteiger partial charge < -0.3 is 4.42 Å². The van der Waals surface area contributed by atoms with Crippen molar-refractivity contribution >= 4 is 47.6 Å². The summed E-state index contributed by atoms with van der Waals surface area (Å²) in [7, 11) is -7.40. The van der Waals surface area contributed by atoms with Crippen molar-refractivity contribution in [3.63, 3.8) is 0 Å². The van der Waals surface area contributed by atoms with E-state index in [0.29, 0.717) is 10.9 Å². The number of benzene rings is 2. The molecule has 4 rings (SSSR count). The van der Waals surface area contributed by atoms with Crippen molar-refractivity contribution in [3.8, 4) is 0 Å². The number of furan rings is 1. The molecule has 1 atom stereocenters. The number of nitrogens with zero attached hydrogens (tertiary/aromatic N) is 1. The molecule has 0 N–H and O–H groups in total. The number of hydrogen-bond donors (Lipinski definition) is 0. The highest BCUT2D eigenvalue weighted by Crippen LogP contribution is 2.32. The molecule has 170 valence electrons. The molecule has 0 amide bonds. The Bertz CT molecular complexity index is 1310. The Labute approximate surface area is 198 Å². The zero-order valence-corrected chi connectivity index (χ0v) is 20.7. The van der Waals surface area contributed by atoms with Gasteiger partial charge in [-0.05, 0) is 67.1 Å². The van der Waals surface area contributed by atoms with E-state index in [-0.39, 0.29) is 29.4 Å². The van der Waals surface area contributed by atoms with Crippen molar-refractivity contribution in [2.75, 3.05) is 11.5 Å². The SMILES string of the molecule is O=S1(=O)CCC(N(Cc2ccc(Sc3ccc(Br)cc3)o2)S(=O)(=O)c2ccc(F)cc2)C1. The third-order valence-corrected chi connectivity index (χ3v) is 10.1. The molecule has 32 heavy (non-hydrogen) atoms. The smallest absolute Gasteiger partial charge is 0.243 e. The summed E-state index contributed by atoms with van der Waals surface area (Å²) in [4.78, 5) is 0.853. The van der Waals surface area contributed by atoms with Crippen molar-refractivity contribution < 1.29 is 25.6 Å². The number of rotatable bonds is 7. The van der Waals surface area contributed by atoms with Crippen LogP contribution in [0, 0.1) is 5.82 Å². The molecule has 0 bridgehead atoms. The van der Waals surface area contributed by atoms with Crippen LogP contribution < -0.4 is 0 Å². The van der Waals surface area contributed by atoms with Gasteiger partial charge in [0.25, 0.3) is 0 Å². The largest absolute Gasteiger partial charge is 0.453 e. The van der Waals surface area contributed by atoms with Crippen LogP contribution in [0.4, 0.5) is 4.39 Å². The van der Waals surface area contributed by atoms with Gasteiger partial charge in [-0.25, -0.2) is 21.2 Å². The first-order valence-electron chi connectivity index (χ1n) is 9.62. The number of halogens is 2. The number of sulfonamides is 1. The van der Waals surface area contributed by atoms with Crippen LogP contribution in [0.1, 0.15) is 12.2 Å². The molecule has 2 heterocycles. The Morgan fingerprint density at radius 3 is 2.38 bits per heavy atom. The number of sulfone groups is 1. The van der Waals surface area contributed by atoms with Gasteiger partial charge in [0.2, 0.25) is 10.0 Å². The first-order valence-corrected chi connectivity index (χ1v) is 14.5. The molecule has 0 saturated carbocycles. The molecule has 3 aromatic rings. The van der Waals surface area contributed by atoms with Gasteiger partial charge in [0, 0.05) is 15.4 Å². The van der Waals surface area contributed by atoms with Crippen LogP contribution in [0.15, 0.2) is 84.4 Å². The van der Waals surface area contributed by atoms with Gasteiger partial charge in [0.15, 0.2) is 14.9 Å². The molecule has 0 aliphatic carbocycles. The van der Waals surface area contributed by atoms with Crippen LogP contribution in [0.3, 0.4) is 0 Å². The fourth-order valence-corrected chi connectivity index (χ4v) is 7.92. The second-order valence-corrected chi connectivity index (χ2v) is 13.5. The maximum Gasteiger partial charge on any atom is 0.243 e. The molecular weight excluding hydrogens is 541 g/mol. The summed E-state index contributed by atoms with van der Waals surface area (Å²) in [6.07, 6.45) is 0.198. The Kier molecular flexibility index (Phi) is 6.83. The summed E-state index contributed by atoms with van der Waals surface area (Å²) < 4.78 is 72.0. The summed E-state index contributed by atoms with van der Waals surface area (Å²) in [5, 5.41) is 0.584. The first kappa shape index (κ1) is 23.5. The fourth-order valence-electron chi connectivity index (χ4n) is 3.43. The van der Waals surface area contributed by atoms with Crippen LogP contribution >= 0.6 is 27.7 Å². The molecule has 0 radical (unpaired) electrons. The molecule has 11 heteroatoms. The lowest BCUT2D eigenvalue weighted by molar-refractivity contribution is 0.296. The van der Waals surface area contributed by atoms with E-state index >= 15 is 0 Å². The Hall–Kier alpha value is -1.66. The predicted octanol–water partition coefficient (Wildman–Crippen LogP) is 4.71. The standard InChI is InChI=1S/C21H19BrFNO5S3/c22-15-1-6-19(7-2-15)30-21-10-5-18(29-21)13-24(17-11-12-31(25,26)14-17)32(27,28)20-8-3-16(23)4-9-20/h1-10,17H,11-14H2.